The van der Waals surface area contributed by atoms with E-state index >= 15 is 0 Å². The van der Waals surface area contributed by atoms with Crippen molar-refractivity contribution in [3.8, 4) is 10.9 Å². The maximum absolute atomic E-state index is 11.0. The molecule has 2 aromatic heterocycles. The van der Waals surface area contributed by atoms with E-state index < -0.39 is 5.97 Å². The highest BCUT2D eigenvalue weighted by Crippen LogP contribution is 2.32. The number of ether oxygens (including phenoxy) is 1. The fraction of sp³-hybridized carbons (Fsp3) is 0.261. The van der Waals surface area contributed by atoms with Gasteiger partial charge >= 0.3 is 5.97 Å². The Morgan fingerprint density at radius 2 is 2.03 bits per heavy atom. The molecule has 2 heterocycles. The molecule has 0 saturated carbocycles. The van der Waals surface area contributed by atoms with Crippen LogP contribution in [-0.4, -0.2) is 50.6 Å². The summed E-state index contributed by atoms with van der Waals surface area (Å²) in [6.07, 6.45) is 7.63. The van der Waals surface area contributed by atoms with Crippen molar-refractivity contribution in [2.24, 2.45) is 0 Å². The van der Waals surface area contributed by atoms with Gasteiger partial charge in [-0.05, 0) is 68.9 Å². The second-order valence-corrected chi connectivity index (χ2v) is 8.62. The van der Waals surface area contributed by atoms with Crippen LogP contribution in [0.25, 0.3) is 10.2 Å². The highest BCUT2D eigenvalue weighted by molar-refractivity contribution is 7.20. The first-order valence-electron chi connectivity index (χ1n) is 10.0. The fourth-order valence-electron chi connectivity index (χ4n) is 3.42. The lowest BCUT2D eigenvalue weighted by molar-refractivity contribution is 0.0697. The van der Waals surface area contributed by atoms with Crippen LogP contribution >= 0.6 is 11.3 Å². The SMILES string of the molecule is CN(C)C(CCn1ccnc1)Cc1ccc2nc(Oc3ccc(C(=O)O)cc3)sc2c1. The van der Waals surface area contributed by atoms with E-state index in [0.29, 0.717) is 17.0 Å². The quantitative estimate of drug-likeness (QED) is 0.415. The zero-order valence-electron chi connectivity index (χ0n) is 17.4. The molecule has 0 fully saturated rings. The first kappa shape index (κ1) is 21.0. The molecule has 0 aliphatic carbocycles. The number of benzene rings is 2. The van der Waals surface area contributed by atoms with Crippen molar-refractivity contribution in [3.63, 3.8) is 0 Å². The number of likely N-dealkylation sites (N-methyl/N-ethyl adjacent to an activating group) is 1. The Morgan fingerprint density at radius 3 is 2.71 bits per heavy atom. The van der Waals surface area contributed by atoms with Crippen LogP contribution in [0.4, 0.5) is 0 Å². The van der Waals surface area contributed by atoms with Gasteiger partial charge in [0.15, 0.2) is 0 Å². The second-order valence-electron chi connectivity index (χ2n) is 7.62. The van der Waals surface area contributed by atoms with Gasteiger partial charge in [-0.1, -0.05) is 17.4 Å². The summed E-state index contributed by atoms with van der Waals surface area (Å²) in [5.41, 5.74) is 2.38. The Bertz CT molecular complexity index is 1150. The summed E-state index contributed by atoms with van der Waals surface area (Å²) in [4.78, 5) is 21.9. The van der Waals surface area contributed by atoms with Gasteiger partial charge in [0.05, 0.1) is 22.1 Å². The molecule has 8 heteroatoms. The molecule has 0 bridgehead atoms. The number of hydrogen-bond donors (Lipinski definition) is 1. The molecule has 0 amide bonds. The minimum Gasteiger partial charge on any atom is -0.478 e. The van der Waals surface area contributed by atoms with Crippen molar-refractivity contribution < 1.29 is 14.6 Å². The number of fused-ring (bicyclic) bond motifs is 1. The Hall–Kier alpha value is -3.23. The van der Waals surface area contributed by atoms with Crippen LogP contribution in [0.2, 0.25) is 0 Å². The Kier molecular flexibility index (Phi) is 6.29. The van der Waals surface area contributed by atoms with E-state index in [1.54, 1.807) is 12.1 Å². The number of thiazole rings is 1. The fourth-order valence-corrected chi connectivity index (χ4v) is 4.32. The topological polar surface area (TPSA) is 80.5 Å². The number of carboxylic acid groups (broad SMARTS) is 1. The van der Waals surface area contributed by atoms with Crippen LogP contribution in [0, 0.1) is 0 Å². The lowest BCUT2D eigenvalue weighted by Crippen LogP contribution is -2.31. The van der Waals surface area contributed by atoms with Crippen LogP contribution in [-0.2, 0) is 13.0 Å². The maximum atomic E-state index is 11.0. The third-order valence-electron chi connectivity index (χ3n) is 5.22. The van der Waals surface area contributed by atoms with Gasteiger partial charge in [-0.25, -0.2) is 14.8 Å². The highest BCUT2D eigenvalue weighted by atomic mass is 32.1. The molecule has 0 saturated heterocycles. The predicted octanol–water partition coefficient (Wildman–Crippen LogP) is 4.55. The molecular formula is C23H24N4O3S. The van der Waals surface area contributed by atoms with E-state index in [1.807, 2.05) is 24.8 Å². The molecule has 0 aliphatic rings. The van der Waals surface area contributed by atoms with Gasteiger partial charge in [-0.15, -0.1) is 0 Å². The first-order valence-corrected chi connectivity index (χ1v) is 10.8. The van der Waals surface area contributed by atoms with E-state index in [1.165, 1.54) is 29.0 Å². The summed E-state index contributed by atoms with van der Waals surface area (Å²) in [7, 11) is 4.23. The number of carbonyl (C=O) groups is 1. The molecule has 160 valence electrons. The van der Waals surface area contributed by atoms with Crippen molar-refractivity contribution in [1.82, 2.24) is 19.4 Å². The summed E-state index contributed by atoms with van der Waals surface area (Å²) in [5, 5.41) is 9.55. The summed E-state index contributed by atoms with van der Waals surface area (Å²) >= 11 is 1.49. The molecule has 4 aromatic rings. The summed E-state index contributed by atoms with van der Waals surface area (Å²) < 4.78 is 9.01. The van der Waals surface area contributed by atoms with Crippen LogP contribution in [0.3, 0.4) is 0 Å². The normalized spacial score (nSPS) is 12.4. The number of aromatic nitrogens is 3. The monoisotopic (exact) mass is 436 g/mol. The largest absolute Gasteiger partial charge is 0.478 e. The molecular weight excluding hydrogens is 412 g/mol. The van der Waals surface area contributed by atoms with Crippen LogP contribution < -0.4 is 4.74 Å². The number of carboxylic acids is 1. The number of rotatable bonds is 9. The number of imidazole rings is 1. The lowest BCUT2D eigenvalue weighted by atomic mass is 10.0. The van der Waals surface area contributed by atoms with Crippen molar-refractivity contribution in [1.29, 1.82) is 0 Å². The van der Waals surface area contributed by atoms with Gasteiger partial charge in [0, 0.05) is 25.0 Å². The average molecular weight is 437 g/mol. The molecule has 7 nitrogen and oxygen atoms in total. The van der Waals surface area contributed by atoms with Gasteiger partial charge in [-0.2, -0.15) is 0 Å². The molecule has 0 radical (unpaired) electrons. The molecule has 2 aromatic carbocycles. The number of aromatic carboxylic acids is 1. The molecule has 0 aliphatic heterocycles. The number of nitrogens with zero attached hydrogens (tertiary/aromatic N) is 4. The Morgan fingerprint density at radius 1 is 1.23 bits per heavy atom. The molecule has 1 atom stereocenters. The van der Waals surface area contributed by atoms with Crippen LogP contribution in [0.1, 0.15) is 22.3 Å². The van der Waals surface area contributed by atoms with Crippen molar-refractivity contribution in [2.45, 2.75) is 25.4 Å². The van der Waals surface area contributed by atoms with Gasteiger partial charge < -0.3 is 19.3 Å². The van der Waals surface area contributed by atoms with Crippen LogP contribution in [0.15, 0.2) is 61.2 Å². The van der Waals surface area contributed by atoms with Crippen LogP contribution in [0.5, 0.6) is 10.9 Å². The molecule has 0 spiro atoms. The smallest absolute Gasteiger partial charge is 0.335 e. The van der Waals surface area contributed by atoms with Crippen molar-refractivity contribution in [2.75, 3.05) is 14.1 Å². The van der Waals surface area contributed by atoms with Gasteiger partial charge in [0.1, 0.15) is 5.75 Å². The minimum atomic E-state index is -0.958. The summed E-state index contributed by atoms with van der Waals surface area (Å²) in [6, 6.07) is 13.1. The molecule has 31 heavy (non-hydrogen) atoms. The van der Waals surface area contributed by atoms with Crippen molar-refractivity contribution >= 4 is 27.5 Å². The van der Waals surface area contributed by atoms with E-state index in [2.05, 4.69) is 45.7 Å². The van der Waals surface area contributed by atoms with E-state index in [4.69, 9.17) is 9.84 Å². The summed E-state index contributed by atoms with van der Waals surface area (Å²) in [5.74, 6) is -0.392. The number of aryl methyl sites for hydroxylation is 1. The van der Waals surface area contributed by atoms with Crippen molar-refractivity contribution in [3.05, 3.63) is 72.3 Å². The van der Waals surface area contributed by atoms with Gasteiger partial charge in [0.25, 0.3) is 5.19 Å². The predicted molar refractivity (Wildman–Crippen MR) is 121 cm³/mol. The Balaban J connectivity index is 1.45. The first-order chi connectivity index (χ1) is 15.0. The van der Waals surface area contributed by atoms with E-state index in [0.717, 1.165) is 29.6 Å². The molecule has 1 N–H and O–H groups in total. The van der Waals surface area contributed by atoms with E-state index in [9.17, 15) is 4.79 Å². The molecule has 1 unspecified atom stereocenters. The third kappa shape index (κ3) is 5.28. The average Bonchev–Trinajstić information content (AvgIpc) is 3.40. The lowest BCUT2D eigenvalue weighted by Gasteiger charge is -2.24. The minimum absolute atomic E-state index is 0.227. The summed E-state index contributed by atoms with van der Waals surface area (Å²) in [6.45, 7) is 0.935. The highest BCUT2D eigenvalue weighted by Gasteiger charge is 2.14. The number of hydrogen-bond acceptors (Lipinski definition) is 6. The van der Waals surface area contributed by atoms with Gasteiger partial charge in [0.2, 0.25) is 0 Å². The Labute approximate surface area is 184 Å². The zero-order chi connectivity index (χ0) is 21.8. The van der Waals surface area contributed by atoms with E-state index in [-0.39, 0.29) is 5.56 Å². The molecule has 4 rings (SSSR count). The standard InChI is InChI=1S/C23H24N4O3S/c1-26(2)18(9-11-27-12-10-24-15-27)13-16-3-8-20-21(14-16)31-23(25-20)30-19-6-4-17(5-7-19)22(28)29/h3-8,10,12,14-15,18H,9,11,13H2,1-2H3,(H,28,29). The van der Waals surface area contributed by atoms with Gasteiger partial charge in [-0.3, -0.25) is 0 Å². The second kappa shape index (κ2) is 9.28. The maximum Gasteiger partial charge on any atom is 0.335 e. The zero-order valence-corrected chi connectivity index (χ0v) is 18.2. The third-order valence-corrected chi connectivity index (χ3v) is 6.12.